The minimum atomic E-state index is -0.203. The highest BCUT2D eigenvalue weighted by atomic mass is 35.5. The van der Waals surface area contributed by atoms with Crippen LogP contribution < -0.4 is 5.32 Å². The molecule has 0 aliphatic heterocycles. The molecule has 0 radical (unpaired) electrons. The van der Waals surface area contributed by atoms with Gasteiger partial charge in [0, 0.05) is 11.4 Å². The molecule has 1 aromatic carbocycles. The first-order valence-electron chi connectivity index (χ1n) is 7.03. The van der Waals surface area contributed by atoms with E-state index in [9.17, 15) is 4.79 Å². The second-order valence-electron chi connectivity index (χ2n) is 5.70. The Balaban J connectivity index is 2.20. The number of carbonyl (C=O) groups is 1. The van der Waals surface area contributed by atoms with E-state index < -0.39 is 0 Å². The van der Waals surface area contributed by atoms with Gasteiger partial charge in [-0.15, -0.1) is 11.6 Å². The van der Waals surface area contributed by atoms with Gasteiger partial charge in [0.05, 0.1) is 5.54 Å². The largest absolute Gasteiger partial charge is 0.345 e. The second-order valence-corrected chi connectivity index (χ2v) is 5.96. The molecule has 3 heteroatoms. The van der Waals surface area contributed by atoms with E-state index in [0.29, 0.717) is 5.88 Å². The van der Waals surface area contributed by atoms with E-state index in [1.807, 2.05) is 32.0 Å². The molecule has 1 aromatic rings. The zero-order chi connectivity index (χ0) is 13.9. The molecule has 1 aliphatic rings. The van der Waals surface area contributed by atoms with Gasteiger partial charge in [0.15, 0.2) is 0 Å². The number of rotatable bonds is 3. The number of amides is 1. The molecule has 0 heterocycles. The first-order chi connectivity index (χ1) is 9.08. The van der Waals surface area contributed by atoms with Crippen molar-refractivity contribution in [2.75, 3.05) is 5.88 Å². The summed E-state index contributed by atoms with van der Waals surface area (Å²) in [7, 11) is 0. The summed E-state index contributed by atoms with van der Waals surface area (Å²) in [5.74, 6) is 0.530. The molecule has 1 saturated carbocycles. The molecule has 19 heavy (non-hydrogen) atoms. The van der Waals surface area contributed by atoms with Gasteiger partial charge in [0.25, 0.3) is 5.91 Å². The highest BCUT2D eigenvalue weighted by molar-refractivity contribution is 6.19. The quantitative estimate of drug-likeness (QED) is 0.833. The molecule has 2 rings (SSSR count). The highest BCUT2D eigenvalue weighted by Crippen LogP contribution is 2.30. The number of halogens is 1. The number of hydrogen-bond donors (Lipinski definition) is 1. The van der Waals surface area contributed by atoms with Crippen molar-refractivity contribution in [2.45, 2.75) is 51.5 Å². The van der Waals surface area contributed by atoms with Gasteiger partial charge in [-0.05, 0) is 37.8 Å². The van der Waals surface area contributed by atoms with Crippen molar-refractivity contribution in [3.8, 4) is 0 Å². The van der Waals surface area contributed by atoms with Crippen LogP contribution in [-0.4, -0.2) is 17.3 Å². The van der Waals surface area contributed by atoms with Crippen molar-refractivity contribution in [3.05, 3.63) is 34.9 Å². The molecule has 1 N–H and O–H groups in total. The monoisotopic (exact) mass is 279 g/mol. The van der Waals surface area contributed by atoms with Crippen LogP contribution in [0, 0.1) is 13.8 Å². The van der Waals surface area contributed by atoms with Crippen LogP contribution >= 0.6 is 11.6 Å². The lowest BCUT2D eigenvalue weighted by Crippen LogP contribution is -2.51. The number of benzene rings is 1. The van der Waals surface area contributed by atoms with Crippen LogP contribution in [0.15, 0.2) is 18.2 Å². The van der Waals surface area contributed by atoms with Gasteiger partial charge in [0.2, 0.25) is 0 Å². The highest BCUT2D eigenvalue weighted by Gasteiger charge is 2.33. The Morgan fingerprint density at radius 2 is 1.79 bits per heavy atom. The lowest BCUT2D eigenvalue weighted by atomic mass is 9.82. The molecule has 0 saturated heterocycles. The summed E-state index contributed by atoms with van der Waals surface area (Å²) in [6.45, 7) is 3.96. The lowest BCUT2D eigenvalue weighted by Gasteiger charge is -2.36. The normalized spacial score (nSPS) is 18.1. The van der Waals surface area contributed by atoms with Crippen molar-refractivity contribution >= 4 is 17.5 Å². The predicted octanol–water partition coefficient (Wildman–Crippen LogP) is 3.97. The number of alkyl halides is 1. The van der Waals surface area contributed by atoms with Crippen molar-refractivity contribution in [1.29, 1.82) is 0 Å². The van der Waals surface area contributed by atoms with Gasteiger partial charge in [-0.25, -0.2) is 0 Å². The SMILES string of the molecule is Cc1cccc(C)c1C(=O)NC1(CCl)CCCCC1. The first kappa shape index (κ1) is 14.4. The molecular formula is C16H22ClNO. The minimum absolute atomic E-state index is 0.0261. The molecule has 0 unspecified atom stereocenters. The molecular weight excluding hydrogens is 258 g/mol. The average Bonchev–Trinajstić information content (AvgIpc) is 2.39. The maximum absolute atomic E-state index is 12.5. The van der Waals surface area contributed by atoms with E-state index >= 15 is 0 Å². The maximum atomic E-state index is 12.5. The number of nitrogens with one attached hydrogen (secondary N) is 1. The molecule has 0 atom stereocenters. The van der Waals surface area contributed by atoms with Gasteiger partial charge in [0.1, 0.15) is 0 Å². The average molecular weight is 280 g/mol. The molecule has 0 bridgehead atoms. The third-order valence-electron chi connectivity index (χ3n) is 4.15. The molecule has 1 fully saturated rings. The van der Waals surface area contributed by atoms with Crippen LogP contribution in [0.1, 0.15) is 53.6 Å². The van der Waals surface area contributed by atoms with Crippen LogP contribution in [0.5, 0.6) is 0 Å². The van der Waals surface area contributed by atoms with Crippen LogP contribution in [0.25, 0.3) is 0 Å². The maximum Gasteiger partial charge on any atom is 0.252 e. The molecule has 1 aliphatic carbocycles. The smallest absolute Gasteiger partial charge is 0.252 e. The second kappa shape index (κ2) is 5.96. The van der Waals surface area contributed by atoms with Crippen molar-refractivity contribution in [2.24, 2.45) is 0 Å². The molecule has 0 spiro atoms. The van der Waals surface area contributed by atoms with E-state index in [-0.39, 0.29) is 11.4 Å². The summed E-state index contributed by atoms with van der Waals surface area (Å²) in [5, 5.41) is 3.21. The minimum Gasteiger partial charge on any atom is -0.345 e. The number of carbonyl (C=O) groups excluding carboxylic acids is 1. The predicted molar refractivity (Wildman–Crippen MR) is 79.9 cm³/mol. The standard InChI is InChI=1S/C16H22ClNO/c1-12-7-6-8-13(2)14(12)15(19)18-16(11-17)9-4-3-5-10-16/h6-8H,3-5,9-11H2,1-2H3,(H,18,19). The fourth-order valence-corrected chi connectivity index (χ4v) is 3.33. The fourth-order valence-electron chi connectivity index (χ4n) is 3.00. The Kier molecular flexibility index (Phi) is 4.51. The van der Waals surface area contributed by atoms with E-state index in [0.717, 1.165) is 42.4 Å². The van der Waals surface area contributed by atoms with Crippen LogP contribution in [0.3, 0.4) is 0 Å². The summed E-state index contributed by atoms with van der Waals surface area (Å²) in [6, 6.07) is 5.95. The zero-order valence-electron chi connectivity index (χ0n) is 11.8. The summed E-state index contributed by atoms with van der Waals surface area (Å²) < 4.78 is 0. The third kappa shape index (κ3) is 3.11. The summed E-state index contributed by atoms with van der Waals surface area (Å²) in [4.78, 5) is 12.5. The van der Waals surface area contributed by atoms with Crippen molar-refractivity contribution < 1.29 is 4.79 Å². The Bertz CT molecular complexity index is 444. The van der Waals surface area contributed by atoms with Crippen LogP contribution in [-0.2, 0) is 0 Å². The summed E-state index contributed by atoms with van der Waals surface area (Å²) in [6.07, 6.45) is 5.54. The van der Waals surface area contributed by atoms with E-state index in [2.05, 4.69) is 5.32 Å². The first-order valence-corrected chi connectivity index (χ1v) is 7.56. The van der Waals surface area contributed by atoms with E-state index in [1.54, 1.807) is 0 Å². The lowest BCUT2D eigenvalue weighted by molar-refractivity contribution is 0.0883. The molecule has 104 valence electrons. The van der Waals surface area contributed by atoms with Gasteiger partial charge in [-0.2, -0.15) is 0 Å². The number of aryl methyl sites for hydroxylation is 2. The van der Waals surface area contributed by atoms with Gasteiger partial charge < -0.3 is 5.32 Å². The van der Waals surface area contributed by atoms with Gasteiger partial charge in [-0.1, -0.05) is 37.5 Å². The Morgan fingerprint density at radius 1 is 1.21 bits per heavy atom. The zero-order valence-corrected chi connectivity index (χ0v) is 12.5. The van der Waals surface area contributed by atoms with Gasteiger partial charge in [-0.3, -0.25) is 4.79 Å². The Morgan fingerprint density at radius 3 is 2.32 bits per heavy atom. The molecule has 1 amide bonds. The van der Waals surface area contributed by atoms with E-state index in [1.165, 1.54) is 6.42 Å². The van der Waals surface area contributed by atoms with Crippen molar-refractivity contribution in [1.82, 2.24) is 5.32 Å². The Labute approximate surface area is 120 Å². The van der Waals surface area contributed by atoms with Crippen LogP contribution in [0.4, 0.5) is 0 Å². The number of hydrogen-bond acceptors (Lipinski definition) is 1. The third-order valence-corrected chi connectivity index (χ3v) is 4.66. The topological polar surface area (TPSA) is 29.1 Å². The van der Waals surface area contributed by atoms with Crippen molar-refractivity contribution in [3.63, 3.8) is 0 Å². The van der Waals surface area contributed by atoms with Crippen LogP contribution in [0.2, 0.25) is 0 Å². The van der Waals surface area contributed by atoms with E-state index in [4.69, 9.17) is 11.6 Å². The van der Waals surface area contributed by atoms with Gasteiger partial charge >= 0.3 is 0 Å². The molecule has 2 nitrogen and oxygen atoms in total. The summed E-state index contributed by atoms with van der Waals surface area (Å²) in [5.41, 5.74) is 2.65. The Hall–Kier alpha value is -1.02. The molecule has 0 aromatic heterocycles. The summed E-state index contributed by atoms with van der Waals surface area (Å²) >= 11 is 6.13. The fraction of sp³-hybridized carbons (Fsp3) is 0.562.